The van der Waals surface area contributed by atoms with Crippen LogP contribution in [0.5, 0.6) is 0 Å². The molecule has 52 heavy (non-hydrogen) atoms. The molecule has 0 fully saturated rings. The Morgan fingerprint density at radius 2 is 1.17 bits per heavy atom. The lowest BCUT2D eigenvalue weighted by Gasteiger charge is -2.27. The average molecular weight is 728 g/mol. The Kier molecular flexibility index (Phi) is 21.2. The summed E-state index contributed by atoms with van der Waals surface area (Å²) in [6.07, 6.45) is 4.02. The molecule has 1 aromatic carbocycles. The number of unbranched alkanes of at least 4 members (excludes halogenated alkanes) is 2. The van der Waals surface area contributed by atoms with Crippen LogP contribution < -0.4 is 43.8 Å². The number of nitriles is 1. The Hall–Kier alpha value is -4.85. The maximum Gasteiger partial charge on any atom is 0.326 e. The van der Waals surface area contributed by atoms with Gasteiger partial charge in [0.05, 0.1) is 17.7 Å². The maximum absolute atomic E-state index is 13.7. The van der Waals surface area contributed by atoms with E-state index in [9.17, 15) is 39.1 Å². The lowest BCUT2D eigenvalue weighted by atomic mass is 10.0. The van der Waals surface area contributed by atoms with Crippen LogP contribution in [-0.4, -0.2) is 90.0 Å². The fraction of sp³-hybridized carbons (Fsp3) is 0.583. The number of amides is 5. The third-order valence-electron chi connectivity index (χ3n) is 8.09. The second-order valence-electron chi connectivity index (χ2n) is 13.2. The van der Waals surface area contributed by atoms with Crippen molar-refractivity contribution in [1.29, 1.82) is 5.26 Å². The van der Waals surface area contributed by atoms with E-state index in [1.807, 2.05) is 19.9 Å². The van der Waals surface area contributed by atoms with E-state index in [0.717, 1.165) is 0 Å². The molecular weight excluding hydrogens is 670 g/mol. The van der Waals surface area contributed by atoms with Crippen molar-refractivity contribution in [2.45, 2.75) is 115 Å². The second kappa shape index (κ2) is 24.4. The summed E-state index contributed by atoms with van der Waals surface area (Å²) in [5, 5.41) is 32.0. The van der Waals surface area contributed by atoms with Gasteiger partial charge in [-0.25, -0.2) is 4.79 Å². The summed E-state index contributed by atoms with van der Waals surface area (Å²) in [4.78, 5) is 78.7. The van der Waals surface area contributed by atoms with Crippen LogP contribution in [0.25, 0.3) is 0 Å². The van der Waals surface area contributed by atoms with Crippen LogP contribution >= 0.6 is 0 Å². The predicted molar refractivity (Wildman–Crippen MR) is 196 cm³/mol. The fourth-order valence-electron chi connectivity index (χ4n) is 5.17. The molecule has 288 valence electrons. The SMILES string of the molecule is C=CC[C@H](NC(=O)[C@H](CCCCN)NC(=O)[C@H](CCCCN)NC(=O)[C@H](C)N)C(=O)N[C@@H](Cc1ccc(C#N)cc1)C(=O)N[C@@H](CC(C)C)C(=O)O. The van der Waals surface area contributed by atoms with Crippen molar-refractivity contribution < 1.29 is 33.9 Å². The van der Waals surface area contributed by atoms with Crippen molar-refractivity contribution in [2.24, 2.45) is 23.1 Å². The summed E-state index contributed by atoms with van der Waals surface area (Å²) in [5.74, 6) is -4.65. The molecule has 6 atom stereocenters. The van der Waals surface area contributed by atoms with Crippen molar-refractivity contribution in [3.63, 3.8) is 0 Å². The molecule has 0 bridgehead atoms. The van der Waals surface area contributed by atoms with Crippen LogP contribution in [0.15, 0.2) is 36.9 Å². The van der Waals surface area contributed by atoms with E-state index < -0.39 is 71.8 Å². The number of hydrogen-bond donors (Lipinski definition) is 9. The molecule has 5 amide bonds. The van der Waals surface area contributed by atoms with E-state index in [1.54, 1.807) is 24.3 Å². The minimum atomic E-state index is -1.26. The summed E-state index contributed by atoms with van der Waals surface area (Å²) in [7, 11) is 0. The minimum absolute atomic E-state index is 0.0521. The van der Waals surface area contributed by atoms with Crippen molar-refractivity contribution in [2.75, 3.05) is 13.1 Å². The highest BCUT2D eigenvalue weighted by Crippen LogP contribution is 2.11. The number of benzene rings is 1. The van der Waals surface area contributed by atoms with Crippen molar-refractivity contribution in [1.82, 2.24) is 26.6 Å². The summed E-state index contributed by atoms with van der Waals surface area (Å²) >= 11 is 0. The molecule has 0 aliphatic heterocycles. The van der Waals surface area contributed by atoms with Gasteiger partial charge < -0.3 is 48.9 Å². The molecule has 16 heteroatoms. The number of aliphatic carboxylic acids is 1. The van der Waals surface area contributed by atoms with Gasteiger partial charge in [0.1, 0.15) is 30.2 Å². The average Bonchev–Trinajstić information content (AvgIpc) is 3.09. The highest BCUT2D eigenvalue weighted by Gasteiger charge is 2.32. The lowest BCUT2D eigenvalue weighted by Crippen LogP contribution is -2.59. The Morgan fingerprint density at radius 1 is 0.731 bits per heavy atom. The van der Waals surface area contributed by atoms with Crippen LogP contribution in [0, 0.1) is 17.2 Å². The van der Waals surface area contributed by atoms with Crippen LogP contribution in [-0.2, 0) is 35.2 Å². The van der Waals surface area contributed by atoms with Gasteiger partial charge in [-0.05, 0) is 95.0 Å². The molecule has 0 spiro atoms. The first kappa shape index (κ1) is 45.2. The third kappa shape index (κ3) is 16.9. The van der Waals surface area contributed by atoms with Gasteiger partial charge in [-0.3, -0.25) is 24.0 Å². The van der Waals surface area contributed by atoms with Gasteiger partial charge in [0.15, 0.2) is 0 Å². The first-order chi connectivity index (χ1) is 24.7. The van der Waals surface area contributed by atoms with Crippen molar-refractivity contribution in [3.8, 4) is 6.07 Å². The molecule has 0 unspecified atom stereocenters. The van der Waals surface area contributed by atoms with E-state index in [0.29, 0.717) is 49.9 Å². The van der Waals surface area contributed by atoms with Crippen LogP contribution in [0.2, 0.25) is 0 Å². The molecule has 0 saturated heterocycles. The van der Waals surface area contributed by atoms with Crippen LogP contribution in [0.3, 0.4) is 0 Å². The largest absolute Gasteiger partial charge is 0.480 e. The van der Waals surface area contributed by atoms with E-state index in [4.69, 9.17) is 17.2 Å². The zero-order valence-corrected chi connectivity index (χ0v) is 30.5. The Morgan fingerprint density at radius 3 is 1.62 bits per heavy atom. The van der Waals surface area contributed by atoms with Gasteiger partial charge >= 0.3 is 5.97 Å². The molecule has 0 heterocycles. The molecular formula is C36H57N9O7. The van der Waals surface area contributed by atoms with Gasteiger partial charge in [-0.1, -0.05) is 32.1 Å². The van der Waals surface area contributed by atoms with Crippen LogP contribution in [0.4, 0.5) is 0 Å². The van der Waals surface area contributed by atoms with E-state index in [-0.39, 0.29) is 38.0 Å². The smallest absolute Gasteiger partial charge is 0.326 e. The number of nitrogens with one attached hydrogen (secondary N) is 5. The summed E-state index contributed by atoms with van der Waals surface area (Å²) in [6, 6.07) is 1.64. The highest BCUT2D eigenvalue weighted by molar-refractivity contribution is 5.96. The molecule has 0 saturated carbocycles. The van der Waals surface area contributed by atoms with Gasteiger partial charge in [0, 0.05) is 6.42 Å². The molecule has 0 aliphatic carbocycles. The first-order valence-corrected chi connectivity index (χ1v) is 17.7. The normalized spacial score (nSPS) is 14.3. The van der Waals surface area contributed by atoms with Crippen molar-refractivity contribution in [3.05, 3.63) is 48.0 Å². The second-order valence-corrected chi connectivity index (χ2v) is 13.2. The lowest BCUT2D eigenvalue weighted by molar-refractivity contribution is -0.142. The first-order valence-electron chi connectivity index (χ1n) is 17.7. The summed E-state index contributed by atoms with van der Waals surface area (Å²) in [6.45, 7) is 9.52. The number of carbonyl (C=O) groups is 6. The van der Waals surface area contributed by atoms with Gasteiger partial charge in [-0.15, -0.1) is 6.58 Å². The molecule has 0 aliphatic rings. The zero-order valence-electron chi connectivity index (χ0n) is 30.5. The molecule has 16 nitrogen and oxygen atoms in total. The predicted octanol–water partition coefficient (Wildman–Crippen LogP) is -0.163. The number of nitrogens with zero attached hydrogens (tertiary/aromatic N) is 1. The van der Waals surface area contributed by atoms with E-state index >= 15 is 0 Å². The summed E-state index contributed by atoms with van der Waals surface area (Å²) in [5.41, 5.74) is 17.9. The number of rotatable bonds is 25. The number of nitrogens with two attached hydrogens (primary N) is 3. The standard InChI is InChI=1S/C36H57N9O7/c1-5-10-26(42-34(49)28(12-7-9-18-38)43-33(48)27(11-6-8-17-37)41-31(46)23(4)40)32(47)44-29(20-24-13-15-25(21-39)16-14-24)35(50)45-30(36(51)52)19-22(2)3/h5,13-16,22-23,26-30H,1,6-12,17-20,37-38,40H2,2-4H3,(H,41,46)(H,42,49)(H,43,48)(H,44,47)(H,45,50)(H,51,52)/t23-,26-,27-,28-,29-,30-/m0/s1. The zero-order chi connectivity index (χ0) is 39.2. The molecule has 0 aromatic heterocycles. The number of hydrogen-bond acceptors (Lipinski definition) is 10. The third-order valence-corrected chi connectivity index (χ3v) is 8.09. The Balaban J connectivity index is 3.32. The molecule has 1 aromatic rings. The van der Waals surface area contributed by atoms with Crippen LogP contribution in [0.1, 0.15) is 83.3 Å². The highest BCUT2D eigenvalue weighted by atomic mass is 16.4. The van der Waals surface area contributed by atoms with Crippen molar-refractivity contribution >= 4 is 35.5 Å². The van der Waals surface area contributed by atoms with E-state index in [1.165, 1.54) is 13.0 Å². The molecule has 12 N–H and O–H groups in total. The topological polar surface area (TPSA) is 285 Å². The fourth-order valence-corrected chi connectivity index (χ4v) is 5.17. The minimum Gasteiger partial charge on any atom is -0.480 e. The number of carboxylic acid groups (broad SMARTS) is 1. The molecule has 0 radical (unpaired) electrons. The Labute approximate surface area is 306 Å². The van der Waals surface area contributed by atoms with Gasteiger partial charge in [0.25, 0.3) is 0 Å². The van der Waals surface area contributed by atoms with Gasteiger partial charge in [-0.2, -0.15) is 5.26 Å². The van der Waals surface area contributed by atoms with Gasteiger partial charge in [0.2, 0.25) is 29.5 Å². The summed E-state index contributed by atoms with van der Waals surface area (Å²) < 4.78 is 0. The number of carboxylic acids is 1. The number of carbonyl (C=O) groups excluding carboxylic acids is 5. The van der Waals surface area contributed by atoms with E-state index in [2.05, 4.69) is 33.2 Å². The maximum atomic E-state index is 13.7. The monoisotopic (exact) mass is 727 g/mol. The quantitative estimate of drug-likeness (QED) is 0.0471. The Bertz CT molecular complexity index is 1380. The molecule has 1 rings (SSSR count).